The SMILES string of the molecule is CC(=O)N1CCc2c(c(N3CCCc4cc(-c5cnn(C)c5)c(C(F)F)cc43)nn2C2CCN(C3CCN(C(=O)OC(C)(C)C)CC3)CC2)C1. The highest BCUT2D eigenvalue weighted by Gasteiger charge is 2.36. The molecule has 0 unspecified atom stereocenters. The number of hydrogen-bond acceptors (Lipinski definition) is 7. The van der Waals surface area contributed by atoms with Crippen LogP contribution < -0.4 is 4.90 Å². The molecule has 1 aromatic carbocycles. The maximum atomic E-state index is 14.6. The third-order valence-electron chi connectivity index (χ3n) is 10.9. The lowest BCUT2D eigenvalue weighted by Gasteiger charge is -2.42. The van der Waals surface area contributed by atoms with E-state index in [1.54, 1.807) is 37.1 Å². The number of ether oxygens (including phenoxy) is 1. The molecule has 0 atom stereocenters. The smallest absolute Gasteiger partial charge is 0.410 e. The van der Waals surface area contributed by atoms with Gasteiger partial charge in [0.1, 0.15) is 5.60 Å². The lowest BCUT2D eigenvalue weighted by atomic mass is 9.92. The molecule has 3 aromatic rings. The lowest BCUT2D eigenvalue weighted by Crippen LogP contribution is -2.50. The second kappa shape index (κ2) is 13.6. The molecular formula is C37H50F2N8O3. The number of aryl methyl sites for hydroxylation is 2. The number of rotatable bonds is 5. The third kappa shape index (κ3) is 6.85. The Morgan fingerprint density at radius 1 is 0.940 bits per heavy atom. The Hall–Kier alpha value is -4.00. The zero-order chi connectivity index (χ0) is 35.3. The van der Waals surface area contributed by atoms with Gasteiger partial charge in [-0.2, -0.15) is 10.2 Å². The van der Waals surface area contributed by atoms with Crippen molar-refractivity contribution in [1.29, 1.82) is 0 Å². The highest BCUT2D eigenvalue weighted by Crippen LogP contribution is 2.44. The van der Waals surface area contributed by atoms with Crippen molar-refractivity contribution in [1.82, 2.24) is 34.3 Å². The highest BCUT2D eigenvalue weighted by atomic mass is 19.3. The van der Waals surface area contributed by atoms with E-state index in [9.17, 15) is 18.4 Å². The van der Waals surface area contributed by atoms with Crippen LogP contribution in [0.3, 0.4) is 0 Å². The standard InChI is InChI=1S/C37H50F2N8O3/c1-24(48)45-18-12-32-31(23-45)35(46-13-6-7-25-19-29(26-21-40-42(5)22-26)30(34(38)39)20-33(25)46)41-47(32)28-10-14-43(15-11-28)27-8-16-44(17-9-27)36(49)50-37(2,3)4/h19-22,27-28,34H,6-18,23H2,1-5H3. The van der Waals surface area contributed by atoms with Crippen molar-refractivity contribution >= 4 is 23.5 Å². The van der Waals surface area contributed by atoms with E-state index in [-0.39, 0.29) is 23.6 Å². The van der Waals surface area contributed by atoms with Crippen LogP contribution in [0.1, 0.15) is 94.7 Å². The molecule has 2 saturated heterocycles. The first-order valence-electron chi connectivity index (χ1n) is 18.2. The number of halogens is 2. The first-order chi connectivity index (χ1) is 23.9. The van der Waals surface area contributed by atoms with Crippen LogP contribution in [0, 0.1) is 0 Å². The summed E-state index contributed by atoms with van der Waals surface area (Å²) in [6.07, 6.45) is 6.70. The minimum Gasteiger partial charge on any atom is -0.444 e. The van der Waals surface area contributed by atoms with Gasteiger partial charge in [-0.1, -0.05) is 0 Å². The molecule has 4 aliphatic heterocycles. The fourth-order valence-electron chi connectivity index (χ4n) is 8.31. The predicted molar refractivity (Wildman–Crippen MR) is 187 cm³/mol. The number of alkyl halides is 2. The van der Waals surface area contributed by atoms with Crippen molar-refractivity contribution in [3.63, 3.8) is 0 Å². The largest absolute Gasteiger partial charge is 0.444 e. The van der Waals surface area contributed by atoms with E-state index in [1.165, 1.54) is 0 Å². The fourth-order valence-corrected chi connectivity index (χ4v) is 8.31. The minimum absolute atomic E-state index is 0.00777. The molecule has 0 aliphatic carbocycles. The van der Waals surface area contributed by atoms with Crippen LogP contribution in [0.15, 0.2) is 24.5 Å². The number of carbonyl (C=O) groups is 2. The molecule has 0 spiro atoms. The molecule has 50 heavy (non-hydrogen) atoms. The van der Waals surface area contributed by atoms with Crippen LogP contribution in [0.5, 0.6) is 0 Å². The summed E-state index contributed by atoms with van der Waals surface area (Å²) in [5.74, 6) is 0.818. The summed E-state index contributed by atoms with van der Waals surface area (Å²) in [4.78, 5) is 33.6. The van der Waals surface area contributed by atoms with Crippen molar-refractivity contribution in [2.75, 3.05) is 44.2 Å². The summed E-state index contributed by atoms with van der Waals surface area (Å²) in [7, 11) is 1.79. The number of piperidine rings is 2. The van der Waals surface area contributed by atoms with Crippen molar-refractivity contribution in [2.24, 2.45) is 7.05 Å². The molecule has 2 amide bonds. The van der Waals surface area contributed by atoms with Gasteiger partial charge < -0.3 is 24.3 Å². The maximum Gasteiger partial charge on any atom is 0.410 e. The maximum absolute atomic E-state index is 14.6. The molecule has 270 valence electrons. The van der Waals surface area contributed by atoms with Gasteiger partial charge in [0.15, 0.2) is 5.82 Å². The molecule has 0 saturated carbocycles. The Bertz CT molecular complexity index is 1730. The summed E-state index contributed by atoms with van der Waals surface area (Å²) >= 11 is 0. The number of benzene rings is 1. The van der Waals surface area contributed by atoms with Gasteiger partial charge in [-0.25, -0.2) is 13.6 Å². The molecule has 13 heteroatoms. The van der Waals surface area contributed by atoms with Gasteiger partial charge >= 0.3 is 6.09 Å². The number of fused-ring (bicyclic) bond motifs is 2. The molecule has 7 rings (SSSR count). The fraction of sp³-hybridized carbons (Fsp3) is 0.622. The number of likely N-dealkylation sites (tertiary alicyclic amines) is 2. The van der Waals surface area contributed by atoms with Gasteiger partial charge in [0.05, 0.1) is 18.8 Å². The van der Waals surface area contributed by atoms with E-state index in [0.717, 1.165) is 79.9 Å². The molecule has 6 heterocycles. The molecular weight excluding hydrogens is 642 g/mol. The van der Waals surface area contributed by atoms with Gasteiger partial charge in [0.25, 0.3) is 6.43 Å². The monoisotopic (exact) mass is 692 g/mol. The molecule has 2 aromatic heterocycles. The minimum atomic E-state index is -2.64. The van der Waals surface area contributed by atoms with Gasteiger partial charge in [0.2, 0.25) is 5.91 Å². The lowest BCUT2D eigenvalue weighted by molar-refractivity contribution is -0.129. The van der Waals surface area contributed by atoms with Crippen molar-refractivity contribution < 1.29 is 23.1 Å². The van der Waals surface area contributed by atoms with Gasteiger partial charge in [-0.15, -0.1) is 0 Å². The van der Waals surface area contributed by atoms with Gasteiger partial charge in [0, 0.05) is 100.0 Å². The Morgan fingerprint density at radius 2 is 1.66 bits per heavy atom. The van der Waals surface area contributed by atoms with Crippen LogP contribution in [0.4, 0.5) is 25.1 Å². The van der Waals surface area contributed by atoms with E-state index in [1.807, 2.05) is 36.6 Å². The summed E-state index contributed by atoms with van der Waals surface area (Å²) < 4.78 is 38.7. The van der Waals surface area contributed by atoms with Gasteiger partial charge in [-0.3, -0.25) is 14.2 Å². The second-order valence-electron chi connectivity index (χ2n) is 15.4. The van der Waals surface area contributed by atoms with E-state index < -0.39 is 12.0 Å². The number of nitrogens with zero attached hydrogens (tertiary/aromatic N) is 8. The average molecular weight is 693 g/mol. The number of anilines is 2. The topological polar surface area (TPSA) is 92.0 Å². The van der Waals surface area contributed by atoms with Crippen molar-refractivity contribution in [3.05, 3.63) is 46.9 Å². The van der Waals surface area contributed by atoms with Crippen LogP contribution in [0.25, 0.3) is 11.1 Å². The van der Waals surface area contributed by atoms with Crippen LogP contribution >= 0.6 is 0 Å². The van der Waals surface area contributed by atoms with E-state index in [0.29, 0.717) is 56.3 Å². The molecule has 2 fully saturated rings. The van der Waals surface area contributed by atoms with E-state index >= 15 is 0 Å². The summed E-state index contributed by atoms with van der Waals surface area (Å²) in [5.41, 5.74) is 4.69. The van der Waals surface area contributed by atoms with Crippen molar-refractivity contribution in [2.45, 2.75) is 103 Å². The quantitative estimate of drug-likeness (QED) is 0.313. The van der Waals surface area contributed by atoms with Crippen LogP contribution in [-0.2, 0) is 36.0 Å². The van der Waals surface area contributed by atoms with E-state index in [4.69, 9.17) is 9.84 Å². The van der Waals surface area contributed by atoms with Gasteiger partial charge in [-0.05, 0) is 82.6 Å². The second-order valence-corrected chi connectivity index (χ2v) is 15.4. The molecule has 0 radical (unpaired) electrons. The molecule has 4 aliphatic rings. The Labute approximate surface area is 293 Å². The average Bonchev–Trinajstić information content (AvgIpc) is 3.70. The zero-order valence-electron chi connectivity index (χ0n) is 30.0. The van der Waals surface area contributed by atoms with Crippen LogP contribution in [-0.4, -0.2) is 97.2 Å². The summed E-state index contributed by atoms with van der Waals surface area (Å²) in [5, 5.41) is 9.54. The Kier molecular flexibility index (Phi) is 9.38. The van der Waals surface area contributed by atoms with Crippen molar-refractivity contribution in [3.8, 4) is 11.1 Å². The first kappa shape index (κ1) is 34.4. The van der Waals surface area contributed by atoms with E-state index in [2.05, 4.69) is 19.6 Å². The zero-order valence-corrected chi connectivity index (χ0v) is 30.0. The number of carbonyl (C=O) groups excluding carboxylic acids is 2. The third-order valence-corrected chi connectivity index (χ3v) is 10.9. The number of hydrogen-bond donors (Lipinski definition) is 0. The number of aromatic nitrogens is 4. The Morgan fingerprint density at radius 3 is 2.30 bits per heavy atom. The Balaban J connectivity index is 1.13. The molecule has 11 nitrogen and oxygen atoms in total. The summed E-state index contributed by atoms with van der Waals surface area (Å²) in [6.45, 7) is 12.4. The number of amides is 2. The first-order valence-corrected chi connectivity index (χ1v) is 18.2. The molecule has 0 bridgehead atoms. The normalized spacial score (nSPS) is 19.6. The predicted octanol–water partition coefficient (Wildman–Crippen LogP) is 6.25. The molecule has 0 N–H and O–H groups in total. The summed E-state index contributed by atoms with van der Waals surface area (Å²) in [6, 6.07) is 4.23. The van der Waals surface area contributed by atoms with Crippen LogP contribution in [0.2, 0.25) is 0 Å². The highest BCUT2D eigenvalue weighted by molar-refractivity contribution is 5.78.